The third kappa shape index (κ3) is 2.56. The van der Waals surface area contributed by atoms with E-state index in [9.17, 15) is 4.79 Å². The zero-order valence-electron chi connectivity index (χ0n) is 13.8. The van der Waals surface area contributed by atoms with Gasteiger partial charge in [-0.2, -0.15) is 0 Å². The van der Waals surface area contributed by atoms with Crippen molar-refractivity contribution in [3.8, 4) is 0 Å². The highest BCUT2D eigenvalue weighted by Gasteiger charge is 2.28. The van der Waals surface area contributed by atoms with Gasteiger partial charge >= 0.3 is 0 Å². The van der Waals surface area contributed by atoms with E-state index in [0.717, 1.165) is 46.9 Å². The maximum atomic E-state index is 12.9. The number of benzene rings is 2. The number of carbonyl (C=O) groups is 1. The Labute approximate surface area is 147 Å². The first kappa shape index (κ1) is 16.8. The summed E-state index contributed by atoms with van der Waals surface area (Å²) in [7, 11) is 0. The van der Waals surface area contributed by atoms with Gasteiger partial charge in [0.15, 0.2) is 5.76 Å². The van der Waals surface area contributed by atoms with Crippen LogP contribution in [-0.4, -0.2) is 36.5 Å². The third-order valence-corrected chi connectivity index (χ3v) is 4.78. The minimum atomic E-state index is -0.00298. The average molecular weight is 345 g/mol. The van der Waals surface area contributed by atoms with E-state index in [0.29, 0.717) is 5.76 Å². The van der Waals surface area contributed by atoms with Gasteiger partial charge in [0, 0.05) is 42.0 Å². The highest BCUT2D eigenvalue weighted by Crippen LogP contribution is 2.32. The number of piperazine rings is 1. The Morgan fingerprint density at radius 3 is 2.79 bits per heavy atom. The molecule has 0 spiro atoms. The van der Waals surface area contributed by atoms with Crippen molar-refractivity contribution in [2.24, 2.45) is 0 Å². The van der Waals surface area contributed by atoms with Crippen LogP contribution < -0.4 is 5.32 Å². The van der Waals surface area contributed by atoms with Crippen molar-refractivity contribution >= 4 is 40.1 Å². The van der Waals surface area contributed by atoms with Crippen LogP contribution in [-0.2, 0) is 0 Å². The van der Waals surface area contributed by atoms with Gasteiger partial charge in [-0.25, -0.2) is 0 Å². The zero-order valence-corrected chi connectivity index (χ0v) is 14.7. The Kier molecular flexibility index (Phi) is 4.52. The van der Waals surface area contributed by atoms with Crippen molar-refractivity contribution < 1.29 is 9.21 Å². The van der Waals surface area contributed by atoms with Crippen LogP contribution in [0.25, 0.3) is 21.7 Å². The molecule has 0 saturated carbocycles. The maximum absolute atomic E-state index is 12.9. The Hall–Kier alpha value is -2.04. The number of carbonyl (C=O) groups excluding carboxylic acids is 1. The van der Waals surface area contributed by atoms with Crippen molar-refractivity contribution in [3.05, 3.63) is 47.7 Å². The summed E-state index contributed by atoms with van der Waals surface area (Å²) in [6.45, 7) is 6.42. The van der Waals surface area contributed by atoms with Crippen LogP contribution in [0.4, 0.5) is 0 Å². The molecule has 5 heteroatoms. The van der Waals surface area contributed by atoms with E-state index in [1.165, 1.54) is 0 Å². The van der Waals surface area contributed by atoms with E-state index in [2.05, 4.69) is 30.4 Å². The molecule has 4 nitrogen and oxygen atoms in total. The Morgan fingerprint density at radius 2 is 2.00 bits per heavy atom. The Bertz CT molecular complexity index is 903. The number of halogens is 1. The van der Waals surface area contributed by atoms with Gasteiger partial charge in [-0.3, -0.25) is 4.79 Å². The second-order valence-electron chi connectivity index (χ2n) is 6.27. The molecule has 1 N–H and O–H groups in total. The number of aryl methyl sites for hydroxylation is 1. The second-order valence-corrected chi connectivity index (χ2v) is 6.27. The fourth-order valence-corrected chi connectivity index (χ4v) is 3.43. The molecule has 0 bridgehead atoms. The molecule has 1 aliphatic heterocycles. The molecule has 1 aliphatic rings. The molecule has 1 fully saturated rings. The van der Waals surface area contributed by atoms with Crippen LogP contribution in [0.5, 0.6) is 0 Å². The summed E-state index contributed by atoms with van der Waals surface area (Å²) in [5.41, 5.74) is 1.74. The van der Waals surface area contributed by atoms with Gasteiger partial charge < -0.3 is 14.6 Å². The number of hydrogen-bond donors (Lipinski definition) is 1. The number of fused-ring (bicyclic) bond motifs is 3. The molecular formula is C19H21ClN2O2. The molecule has 1 aromatic heterocycles. The van der Waals surface area contributed by atoms with Crippen molar-refractivity contribution in [1.29, 1.82) is 0 Å². The predicted octanol–water partition coefficient (Wildman–Crippen LogP) is 3.75. The lowest BCUT2D eigenvalue weighted by atomic mass is 10.1. The Morgan fingerprint density at radius 1 is 1.21 bits per heavy atom. The van der Waals surface area contributed by atoms with Gasteiger partial charge in [-0.05, 0) is 19.2 Å². The molecule has 1 saturated heterocycles. The van der Waals surface area contributed by atoms with Gasteiger partial charge in [-0.1, -0.05) is 36.4 Å². The lowest BCUT2D eigenvalue weighted by Crippen LogP contribution is -2.52. The van der Waals surface area contributed by atoms with E-state index in [4.69, 9.17) is 4.42 Å². The molecule has 0 unspecified atom stereocenters. The van der Waals surface area contributed by atoms with Crippen LogP contribution in [0, 0.1) is 6.92 Å². The normalized spacial score (nSPS) is 17.9. The quantitative estimate of drug-likeness (QED) is 0.731. The molecule has 126 valence electrons. The summed E-state index contributed by atoms with van der Waals surface area (Å²) in [6, 6.07) is 12.4. The third-order valence-electron chi connectivity index (χ3n) is 4.78. The summed E-state index contributed by atoms with van der Waals surface area (Å²) in [5, 5.41) is 6.52. The standard InChI is InChI=1S/C19H20N2O2.ClH/c1-12-11-20-9-10-21(12)19(22)17-13(2)15-8-7-14-5-3-4-6-16(14)18(15)23-17;/h3-8,12,20H,9-11H2,1-2H3;1H/t12-;/m1./s1. The molecule has 3 aromatic rings. The van der Waals surface area contributed by atoms with Crippen molar-refractivity contribution in [2.75, 3.05) is 19.6 Å². The van der Waals surface area contributed by atoms with E-state index in [-0.39, 0.29) is 24.4 Å². The number of hydrogen-bond acceptors (Lipinski definition) is 3. The van der Waals surface area contributed by atoms with Gasteiger partial charge in [0.2, 0.25) is 0 Å². The van der Waals surface area contributed by atoms with Crippen LogP contribution in [0.2, 0.25) is 0 Å². The summed E-state index contributed by atoms with van der Waals surface area (Å²) >= 11 is 0. The molecular weight excluding hydrogens is 324 g/mol. The first-order valence-corrected chi connectivity index (χ1v) is 8.09. The summed E-state index contributed by atoms with van der Waals surface area (Å²) in [5.74, 6) is 0.474. The van der Waals surface area contributed by atoms with Gasteiger partial charge in [0.25, 0.3) is 5.91 Å². The van der Waals surface area contributed by atoms with E-state index in [1.807, 2.05) is 30.0 Å². The predicted molar refractivity (Wildman–Crippen MR) is 99.1 cm³/mol. The van der Waals surface area contributed by atoms with E-state index >= 15 is 0 Å². The highest BCUT2D eigenvalue weighted by atomic mass is 35.5. The molecule has 24 heavy (non-hydrogen) atoms. The van der Waals surface area contributed by atoms with Gasteiger partial charge in [0.05, 0.1) is 0 Å². The van der Waals surface area contributed by atoms with Gasteiger partial charge in [-0.15, -0.1) is 12.4 Å². The van der Waals surface area contributed by atoms with Crippen molar-refractivity contribution in [2.45, 2.75) is 19.9 Å². The van der Waals surface area contributed by atoms with Crippen LogP contribution in [0.15, 0.2) is 40.8 Å². The van der Waals surface area contributed by atoms with Crippen molar-refractivity contribution in [1.82, 2.24) is 10.2 Å². The lowest BCUT2D eigenvalue weighted by molar-refractivity contribution is 0.0624. The average Bonchev–Trinajstić information content (AvgIpc) is 2.92. The summed E-state index contributed by atoms with van der Waals surface area (Å²) in [4.78, 5) is 14.8. The number of nitrogens with zero attached hydrogens (tertiary/aromatic N) is 1. The first-order valence-electron chi connectivity index (χ1n) is 8.09. The lowest BCUT2D eigenvalue weighted by Gasteiger charge is -2.33. The molecule has 0 radical (unpaired) electrons. The summed E-state index contributed by atoms with van der Waals surface area (Å²) in [6.07, 6.45) is 0. The molecule has 4 rings (SSSR count). The fraction of sp³-hybridized carbons (Fsp3) is 0.316. The number of amides is 1. The maximum Gasteiger partial charge on any atom is 0.290 e. The monoisotopic (exact) mass is 344 g/mol. The molecule has 2 heterocycles. The number of nitrogens with one attached hydrogen (secondary N) is 1. The van der Waals surface area contributed by atoms with E-state index in [1.54, 1.807) is 0 Å². The highest BCUT2D eigenvalue weighted by molar-refractivity contribution is 6.08. The molecule has 2 aromatic carbocycles. The molecule has 0 aliphatic carbocycles. The SMILES string of the molecule is Cc1c(C(=O)N2CCNC[C@H]2C)oc2c1ccc1ccccc12.Cl. The molecule has 1 amide bonds. The zero-order chi connectivity index (χ0) is 16.0. The largest absolute Gasteiger partial charge is 0.450 e. The fourth-order valence-electron chi connectivity index (χ4n) is 3.43. The van der Waals surface area contributed by atoms with Crippen molar-refractivity contribution in [3.63, 3.8) is 0 Å². The smallest absolute Gasteiger partial charge is 0.290 e. The summed E-state index contributed by atoms with van der Waals surface area (Å²) < 4.78 is 6.06. The first-order chi connectivity index (χ1) is 11.2. The topological polar surface area (TPSA) is 45.5 Å². The number of rotatable bonds is 1. The van der Waals surface area contributed by atoms with Crippen LogP contribution in [0.1, 0.15) is 23.0 Å². The molecule has 1 atom stereocenters. The van der Waals surface area contributed by atoms with E-state index < -0.39 is 0 Å². The van der Waals surface area contributed by atoms with Crippen LogP contribution in [0.3, 0.4) is 0 Å². The Balaban J connectivity index is 0.00000169. The van der Waals surface area contributed by atoms with Gasteiger partial charge in [0.1, 0.15) is 5.58 Å². The minimum Gasteiger partial charge on any atom is -0.450 e. The number of furan rings is 1. The van der Waals surface area contributed by atoms with Crippen LogP contribution >= 0.6 is 12.4 Å². The second kappa shape index (κ2) is 6.46. The minimum absolute atomic E-state index is 0.